The van der Waals surface area contributed by atoms with Crippen LogP contribution in [-0.2, 0) is 4.79 Å². The fraction of sp³-hybridized carbons (Fsp3) is 0.333. The normalized spacial score (nSPS) is 10.4. The average molecular weight is 370 g/mol. The van der Waals surface area contributed by atoms with E-state index in [2.05, 4.69) is 10.6 Å². The summed E-state index contributed by atoms with van der Waals surface area (Å²) in [5.74, 6) is 0.673. The van der Waals surface area contributed by atoms with E-state index in [4.69, 9.17) is 9.47 Å². The molecule has 0 spiro atoms. The van der Waals surface area contributed by atoms with Gasteiger partial charge >= 0.3 is 0 Å². The minimum absolute atomic E-state index is 0.0383. The van der Waals surface area contributed by atoms with Gasteiger partial charge in [0.25, 0.3) is 11.8 Å². The molecule has 2 aromatic carbocycles. The molecule has 2 N–H and O–H groups in total. The van der Waals surface area contributed by atoms with Gasteiger partial charge in [-0.2, -0.15) is 0 Å². The monoisotopic (exact) mass is 370 g/mol. The van der Waals surface area contributed by atoms with E-state index in [1.807, 2.05) is 13.8 Å². The molecule has 6 nitrogen and oxygen atoms in total. The van der Waals surface area contributed by atoms with Crippen molar-refractivity contribution in [1.29, 1.82) is 0 Å². The first-order chi connectivity index (χ1) is 13.1. The molecule has 0 heterocycles. The lowest BCUT2D eigenvalue weighted by Crippen LogP contribution is -2.37. The van der Waals surface area contributed by atoms with Crippen LogP contribution in [0.25, 0.3) is 0 Å². The molecule has 2 aromatic rings. The van der Waals surface area contributed by atoms with Gasteiger partial charge in [0.2, 0.25) is 0 Å². The van der Waals surface area contributed by atoms with E-state index in [0.29, 0.717) is 22.7 Å². The van der Waals surface area contributed by atoms with Crippen LogP contribution >= 0.6 is 0 Å². The highest BCUT2D eigenvalue weighted by atomic mass is 16.5. The van der Waals surface area contributed by atoms with Gasteiger partial charge in [-0.05, 0) is 49.2 Å². The highest BCUT2D eigenvalue weighted by Gasteiger charge is 2.12. The number of methoxy groups -OCH3 is 1. The van der Waals surface area contributed by atoms with Gasteiger partial charge in [0.15, 0.2) is 6.61 Å². The Morgan fingerprint density at radius 3 is 2.30 bits per heavy atom. The third-order valence-electron chi connectivity index (χ3n) is 4.18. The van der Waals surface area contributed by atoms with Crippen molar-refractivity contribution >= 4 is 17.5 Å². The number of amides is 2. The van der Waals surface area contributed by atoms with E-state index in [0.717, 1.165) is 12.8 Å². The van der Waals surface area contributed by atoms with Gasteiger partial charge in [0.1, 0.15) is 11.5 Å². The Labute approximate surface area is 159 Å². The molecule has 0 aliphatic heterocycles. The second kappa shape index (κ2) is 10.2. The second-order valence-corrected chi connectivity index (χ2v) is 6.05. The Balaban J connectivity index is 1.89. The molecule has 2 amide bonds. The third-order valence-corrected chi connectivity index (χ3v) is 4.18. The summed E-state index contributed by atoms with van der Waals surface area (Å²) in [6.07, 6.45) is 1.78. The summed E-state index contributed by atoms with van der Waals surface area (Å²) >= 11 is 0. The van der Waals surface area contributed by atoms with Crippen molar-refractivity contribution in [3.63, 3.8) is 0 Å². The molecule has 0 aliphatic rings. The molecule has 2 rings (SSSR count). The van der Waals surface area contributed by atoms with Crippen LogP contribution in [0, 0.1) is 0 Å². The molecule has 27 heavy (non-hydrogen) atoms. The minimum atomic E-state index is -0.259. The van der Waals surface area contributed by atoms with Gasteiger partial charge < -0.3 is 20.1 Å². The Kier molecular flexibility index (Phi) is 7.67. The van der Waals surface area contributed by atoms with E-state index in [-0.39, 0.29) is 24.5 Å². The lowest BCUT2D eigenvalue weighted by atomic mass is 10.2. The van der Waals surface area contributed by atoms with Crippen LogP contribution < -0.4 is 20.1 Å². The smallest absolute Gasteiger partial charge is 0.259 e. The Hall–Kier alpha value is -3.02. The maximum absolute atomic E-state index is 12.4. The number of hydrogen-bond donors (Lipinski definition) is 2. The molecule has 0 saturated carbocycles. The summed E-state index contributed by atoms with van der Waals surface area (Å²) in [5, 5.41) is 5.73. The molecule has 0 aliphatic carbocycles. The summed E-state index contributed by atoms with van der Waals surface area (Å²) in [5.41, 5.74) is 1.08. The topological polar surface area (TPSA) is 76.7 Å². The number of ether oxygens (including phenoxy) is 2. The Bertz CT molecular complexity index is 755. The van der Waals surface area contributed by atoms with Crippen LogP contribution in [-0.4, -0.2) is 31.6 Å². The number of rotatable bonds is 9. The van der Waals surface area contributed by atoms with Gasteiger partial charge in [-0.25, -0.2) is 0 Å². The highest BCUT2D eigenvalue weighted by Crippen LogP contribution is 2.20. The van der Waals surface area contributed by atoms with E-state index >= 15 is 0 Å². The van der Waals surface area contributed by atoms with E-state index in [1.165, 1.54) is 7.11 Å². The first-order valence-electron chi connectivity index (χ1n) is 9.04. The first kappa shape index (κ1) is 20.3. The molecule has 0 unspecified atom stereocenters. The molecule has 0 atom stereocenters. The van der Waals surface area contributed by atoms with Gasteiger partial charge in [-0.15, -0.1) is 0 Å². The van der Waals surface area contributed by atoms with Crippen LogP contribution in [0.4, 0.5) is 5.69 Å². The number of para-hydroxylation sites is 1. The molecule has 0 aromatic heterocycles. The average Bonchev–Trinajstić information content (AvgIpc) is 2.71. The summed E-state index contributed by atoms with van der Waals surface area (Å²) < 4.78 is 10.7. The zero-order chi connectivity index (χ0) is 19.6. The van der Waals surface area contributed by atoms with Crippen LogP contribution in [0.1, 0.15) is 37.0 Å². The summed E-state index contributed by atoms with van der Waals surface area (Å²) in [6.45, 7) is 4.03. The Morgan fingerprint density at radius 1 is 1.00 bits per heavy atom. The summed E-state index contributed by atoms with van der Waals surface area (Å²) in [7, 11) is 1.53. The van der Waals surface area contributed by atoms with Gasteiger partial charge in [-0.1, -0.05) is 26.0 Å². The predicted molar refractivity (Wildman–Crippen MR) is 105 cm³/mol. The molecular weight excluding hydrogens is 344 g/mol. The summed E-state index contributed by atoms with van der Waals surface area (Å²) in [6, 6.07) is 14.1. The maximum atomic E-state index is 12.4. The number of anilines is 1. The molecular formula is C21H26N2O4. The van der Waals surface area contributed by atoms with Crippen molar-refractivity contribution in [2.24, 2.45) is 0 Å². The fourth-order valence-corrected chi connectivity index (χ4v) is 2.58. The number of hydrogen-bond acceptors (Lipinski definition) is 4. The SMILES string of the molecule is CCC(CC)NC(=O)COc1ccc(NC(=O)c2ccccc2OC)cc1. The maximum Gasteiger partial charge on any atom is 0.259 e. The van der Waals surface area contributed by atoms with E-state index in [1.54, 1.807) is 48.5 Å². The highest BCUT2D eigenvalue weighted by molar-refractivity contribution is 6.06. The molecule has 0 radical (unpaired) electrons. The molecule has 0 bridgehead atoms. The minimum Gasteiger partial charge on any atom is -0.496 e. The van der Waals surface area contributed by atoms with Crippen LogP contribution in [0.3, 0.4) is 0 Å². The second-order valence-electron chi connectivity index (χ2n) is 6.05. The lowest BCUT2D eigenvalue weighted by Gasteiger charge is -2.15. The van der Waals surface area contributed by atoms with Crippen molar-refractivity contribution in [1.82, 2.24) is 5.32 Å². The standard InChI is InChI=1S/C21H26N2O4/c1-4-15(5-2)22-20(24)14-27-17-12-10-16(11-13-17)23-21(25)18-8-6-7-9-19(18)26-3/h6-13,15H,4-5,14H2,1-3H3,(H,22,24)(H,23,25). The fourth-order valence-electron chi connectivity index (χ4n) is 2.58. The van der Waals surface area contributed by atoms with Gasteiger partial charge in [-0.3, -0.25) is 9.59 Å². The van der Waals surface area contributed by atoms with Crippen molar-refractivity contribution in [3.8, 4) is 11.5 Å². The van der Waals surface area contributed by atoms with Crippen molar-refractivity contribution < 1.29 is 19.1 Å². The number of nitrogens with one attached hydrogen (secondary N) is 2. The predicted octanol–water partition coefficient (Wildman–Crippen LogP) is 3.63. The first-order valence-corrected chi connectivity index (χ1v) is 9.04. The zero-order valence-corrected chi connectivity index (χ0v) is 16.0. The third kappa shape index (κ3) is 6.02. The molecule has 144 valence electrons. The number of benzene rings is 2. The quantitative estimate of drug-likeness (QED) is 0.707. The molecule has 6 heteroatoms. The van der Waals surface area contributed by atoms with Gasteiger partial charge in [0.05, 0.1) is 12.7 Å². The van der Waals surface area contributed by atoms with Gasteiger partial charge in [0, 0.05) is 11.7 Å². The molecule has 0 saturated heterocycles. The van der Waals surface area contributed by atoms with E-state index < -0.39 is 0 Å². The molecule has 0 fully saturated rings. The van der Waals surface area contributed by atoms with Crippen molar-refractivity contribution in [3.05, 3.63) is 54.1 Å². The van der Waals surface area contributed by atoms with Crippen molar-refractivity contribution in [2.45, 2.75) is 32.7 Å². The Morgan fingerprint density at radius 2 is 1.67 bits per heavy atom. The summed E-state index contributed by atoms with van der Waals surface area (Å²) in [4.78, 5) is 24.2. The largest absolute Gasteiger partial charge is 0.496 e. The number of carbonyl (C=O) groups is 2. The van der Waals surface area contributed by atoms with E-state index in [9.17, 15) is 9.59 Å². The van der Waals surface area contributed by atoms with Crippen molar-refractivity contribution in [2.75, 3.05) is 19.0 Å². The van der Waals surface area contributed by atoms with Crippen LogP contribution in [0.15, 0.2) is 48.5 Å². The van der Waals surface area contributed by atoms with Crippen LogP contribution in [0.5, 0.6) is 11.5 Å². The zero-order valence-electron chi connectivity index (χ0n) is 16.0. The van der Waals surface area contributed by atoms with Crippen LogP contribution in [0.2, 0.25) is 0 Å². The lowest BCUT2D eigenvalue weighted by molar-refractivity contribution is -0.123. The number of carbonyl (C=O) groups excluding carboxylic acids is 2.